The highest BCUT2D eigenvalue weighted by molar-refractivity contribution is 5.79. The van der Waals surface area contributed by atoms with Gasteiger partial charge in [-0.1, -0.05) is 32.0 Å². The molecule has 1 heterocycles. The van der Waals surface area contributed by atoms with E-state index in [0.29, 0.717) is 12.5 Å². The number of nitrogens with one attached hydrogen (secondary N) is 2. The lowest BCUT2D eigenvalue weighted by Crippen LogP contribution is -2.45. The molecule has 0 spiro atoms. The Hall–Kier alpha value is -1.75. The summed E-state index contributed by atoms with van der Waals surface area (Å²) in [6.07, 6.45) is 2.60. The minimum atomic E-state index is 0.615. The van der Waals surface area contributed by atoms with Gasteiger partial charge in [0.2, 0.25) is 0 Å². The molecule has 0 bridgehead atoms. The predicted molar refractivity (Wildman–Crippen MR) is 110 cm³/mol. The lowest BCUT2D eigenvalue weighted by atomic mass is 9.97. The molecule has 26 heavy (non-hydrogen) atoms. The van der Waals surface area contributed by atoms with Gasteiger partial charge in [-0.3, -0.25) is 0 Å². The van der Waals surface area contributed by atoms with Crippen LogP contribution in [-0.4, -0.2) is 50.7 Å². The summed E-state index contributed by atoms with van der Waals surface area (Å²) in [5.74, 6) is 3.21. The summed E-state index contributed by atoms with van der Waals surface area (Å²) in [5.41, 5.74) is 1.10. The fourth-order valence-corrected chi connectivity index (χ4v) is 3.58. The molecule has 0 aliphatic carbocycles. The van der Waals surface area contributed by atoms with Gasteiger partial charge >= 0.3 is 0 Å². The molecule has 1 saturated heterocycles. The average molecular weight is 361 g/mol. The smallest absolute Gasteiger partial charge is 0.191 e. The molecule has 5 heteroatoms. The van der Waals surface area contributed by atoms with E-state index in [1.54, 1.807) is 7.11 Å². The van der Waals surface area contributed by atoms with Crippen molar-refractivity contribution in [2.75, 3.05) is 39.8 Å². The van der Waals surface area contributed by atoms with E-state index in [-0.39, 0.29) is 0 Å². The summed E-state index contributed by atoms with van der Waals surface area (Å²) < 4.78 is 5.42. The van der Waals surface area contributed by atoms with E-state index in [9.17, 15) is 0 Å². The highest BCUT2D eigenvalue weighted by Gasteiger charge is 2.20. The number of ether oxygens (including phenoxy) is 1. The van der Waals surface area contributed by atoms with Crippen molar-refractivity contribution < 1.29 is 4.74 Å². The third-order valence-electron chi connectivity index (χ3n) is 4.73. The largest absolute Gasteiger partial charge is 0.496 e. The third kappa shape index (κ3) is 6.87. The Balaban J connectivity index is 1.89. The Labute approximate surface area is 159 Å². The third-order valence-corrected chi connectivity index (χ3v) is 4.73. The quantitative estimate of drug-likeness (QED) is 0.552. The number of likely N-dealkylation sites (tertiary alicyclic amines) is 1. The van der Waals surface area contributed by atoms with Crippen LogP contribution in [-0.2, 0) is 6.54 Å². The molecule has 0 radical (unpaired) electrons. The maximum atomic E-state index is 5.42. The number of guanidine groups is 1. The number of nitrogens with zero attached hydrogens (tertiary/aromatic N) is 2. The number of para-hydroxylation sites is 1. The van der Waals surface area contributed by atoms with Gasteiger partial charge < -0.3 is 20.3 Å². The summed E-state index contributed by atoms with van der Waals surface area (Å²) in [5, 5.41) is 6.90. The van der Waals surface area contributed by atoms with Gasteiger partial charge in [-0.25, -0.2) is 4.99 Å². The highest BCUT2D eigenvalue weighted by atomic mass is 16.5. The van der Waals surface area contributed by atoms with Crippen LogP contribution in [0, 0.1) is 11.8 Å². The molecule has 1 fully saturated rings. The minimum Gasteiger partial charge on any atom is -0.496 e. The van der Waals surface area contributed by atoms with Gasteiger partial charge in [-0.15, -0.1) is 0 Å². The van der Waals surface area contributed by atoms with Crippen LogP contribution in [0.2, 0.25) is 0 Å². The Morgan fingerprint density at radius 3 is 2.85 bits per heavy atom. The molecule has 1 aromatic carbocycles. The fourth-order valence-electron chi connectivity index (χ4n) is 3.58. The molecular formula is C21H36N4O. The van der Waals surface area contributed by atoms with Crippen molar-refractivity contribution in [1.82, 2.24) is 15.5 Å². The van der Waals surface area contributed by atoms with Gasteiger partial charge in [0.1, 0.15) is 5.75 Å². The van der Waals surface area contributed by atoms with E-state index in [2.05, 4.69) is 42.4 Å². The normalized spacial score (nSPS) is 18.8. The first-order valence-electron chi connectivity index (χ1n) is 9.98. The van der Waals surface area contributed by atoms with Crippen LogP contribution in [0.1, 0.15) is 39.2 Å². The zero-order valence-corrected chi connectivity index (χ0v) is 16.9. The Morgan fingerprint density at radius 1 is 1.31 bits per heavy atom. The number of hydrogen-bond donors (Lipinski definition) is 2. The summed E-state index contributed by atoms with van der Waals surface area (Å²) in [4.78, 5) is 7.36. The van der Waals surface area contributed by atoms with E-state index in [0.717, 1.165) is 36.3 Å². The van der Waals surface area contributed by atoms with Crippen molar-refractivity contribution in [3.8, 4) is 5.75 Å². The molecule has 1 aliphatic heterocycles. The maximum Gasteiger partial charge on any atom is 0.191 e. The zero-order valence-electron chi connectivity index (χ0n) is 16.9. The molecule has 2 rings (SSSR count). The predicted octanol–water partition coefficient (Wildman–Crippen LogP) is 3.12. The van der Waals surface area contributed by atoms with Crippen molar-refractivity contribution in [1.29, 1.82) is 0 Å². The number of rotatable bonds is 8. The van der Waals surface area contributed by atoms with Crippen molar-refractivity contribution in [2.45, 2.75) is 40.2 Å². The van der Waals surface area contributed by atoms with E-state index in [4.69, 9.17) is 9.73 Å². The molecule has 0 aromatic heterocycles. The highest BCUT2D eigenvalue weighted by Crippen LogP contribution is 2.18. The van der Waals surface area contributed by atoms with Gasteiger partial charge in [0, 0.05) is 31.7 Å². The van der Waals surface area contributed by atoms with Gasteiger partial charge in [0.25, 0.3) is 0 Å². The maximum absolute atomic E-state index is 5.42. The zero-order chi connectivity index (χ0) is 18.8. The van der Waals surface area contributed by atoms with Crippen LogP contribution < -0.4 is 15.4 Å². The Kier molecular flexibility index (Phi) is 8.75. The first-order valence-corrected chi connectivity index (χ1v) is 9.98. The molecular weight excluding hydrogens is 324 g/mol. The first kappa shape index (κ1) is 20.6. The molecule has 1 aliphatic rings. The van der Waals surface area contributed by atoms with Gasteiger partial charge in [0.15, 0.2) is 5.96 Å². The van der Waals surface area contributed by atoms with E-state index in [1.165, 1.54) is 32.5 Å². The van der Waals surface area contributed by atoms with E-state index < -0.39 is 0 Å². The molecule has 1 unspecified atom stereocenters. The molecule has 0 amide bonds. The summed E-state index contributed by atoms with van der Waals surface area (Å²) in [7, 11) is 1.71. The van der Waals surface area contributed by atoms with Crippen LogP contribution in [0.3, 0.4) is 0 Å². The van der Waals surface area contributed by atoms with Crippen LogP contribution in [0.25, 0.3) is 0 Å². The van der Waals surface area contributed by atoms with Gasteiger partial charge in [-0.05, 0) is 44.2 Å². The van der Waals surface area contributed by atoms with Crippen LogP contribution in [0.15, 0.2) is 29.3 Å². The monoisotopic (exact) mass is 360 g/mol. The van der Waals surface area contributed by atoms with Crippen molar-refractivity contribution >= 4 is 5.96 Å². The van der Waals surface area contributed by atoms with E-state index >= 15 is 0 Å². The molecule has 5 nitrogen and oxygen atoms in total. The fraction of sp³-hybridized carbons (Fsp3) is 0.667. The lowest BCUT2D eigenvalue weighted by Gasteiger charge is -2.34. The van der Waals surface area contributed by atoms with Crippen LogP contribution in [0.5, 0.6) is 5.75 Å². The number of piperidine rings is 1. The molecule has 1 aromatic rings. The van der Waals surface area contributed by atoms with Crippen molar-refractivity contribution in [2.24, 2.45) is 16.8 Å². The Bertz CT molecular complexity index is 559. The summed E-state index contributed by atoms with van der Waals surface area (Å²) in [6.45, 7) is 12.8. The summed E-state index contributed by atoms with van der Waals surface area (Å²) in [6, 6.07) is 8.06. The van der Waals surface area contributed by atoms with Crippen molar-refractivity contribution in [3.63, 3.8) is 0 Å². The number of benzene rings is 1. The van der Waals surface area contributed by atoms with Crippen LogP contribution in [0.4, 0.5) is 0 Å². The minimum absolute atomic E-state index is 0.615. The second-order valence-electron chi connectivity index (χ2n) is 7.55. The molecule has 2 N–H and O–H groups in total. The SMILES string of the molecule is CCNC(=NCc1ccccc1OC)NCC1CCCN(CC(C)C)C1. The van der Waals surface area contributed by atoms with Gasteiger partial charge in [-0.2, -0.15) is 0 Å². The number of hydrogen-bond acceptors (Lipinski definition) is 3. The summed E-state index contributed by atoms with van der Waals surface area (Å²) >= 11 is 0. The van der Waals surface area contributed by atoms with Crippen molar-refractivity contribution in [3.05, 3.63) is 29.8 Å². The Morgan fingerprint density at radius 2 is 2.12 bits per heavy atom. The molecule has 1 atom stereocenters. The van der Waals surface area contributed by atoms with Crippen LogP contribution >= 0.6 is 0 Å². The first-order chi connectivity index (χ1) is 12.6. The average Bonchev–Trinajstić information content (AvgIpc) is 2.64. The standard InChI is InChI=1S/C21H36N4O/c1-5-22-21(24-14-19-10-6-7-11-20(19)26-4)23-13-18-9-8-12-25(16-18)15-17(2)3/h6-7,10-11,17-18H,5,8-9,12-16H2,1-4H3,(H2,22,23,24). The topological polar surface area (TPSA) is 48.9 Å². The second-order valence-corrected chi connectivity index (χ2v) is 7.55. The second kappa shape index (κ2) is 11.1. The van der Waals surface area contributed by atoms with Gasteiger partial charge in [0.05, 0.1) is 13.7 Å². The number of methoxy groups -OCH3 is 1. The number of aliphatic imine (C=N–C) groups is 1. The molecule has 0 saturated carbocycles. The lowest BCUT2D eigenvalue weighted by molar-refractivity contribution is 0.159. The molecule has 146 valence electrons. The van der Waals surface area contributed by atoms with E-state index in [1.807, 2.05) is 18.2 Å².